The maximum atomic E-state index is 12.9. The first-order valence-electron chi connectivity index (χ1n) is 8.04. The number of nitrogens with one attached hydrogen (secondary N) is 2. The normalized spacial score (nSPS) is 10.5. The van der Waals surface area contributed by atoms with Gasteiger partial charge in [0.05, 0.1) is 5.75 Å². The highest BCUT2D eigenvalue weighted by Crippen LogP contribution is 2.23. The van der Waals surface area contributed by atoms with E-state index < -0.39 is 5.91 Å². The van der Waals surface area contributed by atoms with E-state index in [1.807, 2.05) is 0 Å². The van der Waals surface area contributed by atoms with Crippen LogP contribution in [0.1, 0.15) is 15.4 Å². The van der Waals surface area contributed by atoms with Crippen molar-refractivity contribution in [2.45, 2.75) is 10.9 Å². The van der Waals surface area contributed by atoms with Crippen LogP contribution in [0.4, 0.5) is 10.1 Å². The Balaban J connectivity index is 1.46. The minimum atomic E-state index is -0.396. The second-order valence-electron chi connectivity index (χ2n) is 5.53. The lowest BCUT2D eigenvalue weighted by Crippen LogP contribution is -2.24. The van der Waals surface area contributed by atoms with Crippen molar-refractivity contribution >= 4 is 52.2 Å². The molecule has 0 bridgehead atoms. The Morgan fingerprint density at radius 1 is 1.14 bits per heavy atom. The predicted molar refractivity (Wildman–Crippen MR) is 108 cm³/mol. The molecule has 0 radical (unpaired) electrons. The van der Waals surface area contributed by atoms with Crippen molar-refractivity contribution in [3.05, 3.63) is 69.9 Å². The van der Waals surface area contributed by atoms with E-state index in [1.54, 1.807) is 36.4 Å². The maximum Gasteiger partial charge on any atom is 0.286 e. The molecule has 2 amide bonds. The molecule has 144 valence electrons. The zero-order valence-corrected chi connectivity index (χ0v) is 16.7. The Morgan fingerprint density at radius 3 is 2.68 bits per heavy atom. The first kappa shape index (κ1) is 20.2. The number of carbonyl (C=O) groups is 2. The molecule has 10 heteroatoms. The molecule has 2 N–H and O–H groups in total. The molecule has 0 atom stereocenters. The molecule has 3 rings (SSSR count). The van der Waals surface area contributed by atoms with Crippen molar-refractivity contribution in [1.82, 2.24) is 15.5 Å². The summed E-state index contributed by atoms with van der Waals surface area (Å²) < 4.78 is 13.4. The minimum Gasteiger partial charge on any atom is -0.351 e. The van der Waals surface area contributed by atoms with Crippen LogP contribution in [0.2, 0.25) is 5.02 Å². The van der Waals surface area contributed by atoms with Gasteiger partial charge in [0.1, 0.15) is 5.82 Å². The van der Waals surface area contributed by atoms with E-state index in [4.69, 9.17) is 11.6 Å². The van der Waals surface area contributed by atoms with Crippen LogP contribution < -0.4 is 10.6 Å². The zero-order valence-electron chi connectivity index (χ0n) is 14.3. The molecule has 0 spiro atoms. The molecule has 0 unspecified atom stereocenters. The summed E-state index contributed by atoms with van der Waals surface area (Å²) in [6.45, 7) is 0.309. The molecule has 0 aliphatic heterocycles. The number of thioether (sulfide) groups is 1. The van der Waals surface area contributed by atoms with Crippen molar-refractivity contribution in [3.8, 4) is 0 Å². The van der Waals surface area contributed by atoms with E-state index in [1.165, 1.54) is 23.9 Å². The van der Waals surface area contributed by atoms with Gasteiger partial charge in [0.25, 0.3) is 5.91 Å². The number of nitrogens with zero attached hydrogens (tertiary/aromatic N) is 2. The average molecular weight is 437 g/mol. The molecular weight excluding hydrogens is 423 g/mol. The molecular formula is C18H14ClFN4O2S2. The first-order chi connectivity index (χ1) is 13.5. The molecule has 0 aliphatic rings. The number of aromatic nitrogens is 2. The van der Waals surface area contributed by atoms with E-state index >= 15 is 0 Å². The summed E-state index contributed by atoms with van der Waals surface area (Å²) in [4.78, 5) is 24.1. The van der Waals surface area contributed by atoms with Gasteiger partial charge >= 0.3 is 0 Å². The van der Waals surface area contributed by atoms with Gasteiger partial charge in [-0.05, 0) is 35.9 Å². The van der Waals surface area contributed by atoms with Crippen LogP contribution in [0.3, 0.4) is 0 Å². The van der Waals surface area contributed by atoms with E-state index in [9.17, 15) is 14.0 Å². The van der Waals surface area contributed by atoms with Crippen molar-refractivity contribution in [2.24, 2.45) is 0 Å². The third-order valence-corrected chi connectivity index (χ3v) is 5.70. The van der Waals surface area contributed by atoms with Crippen LogP contribution >= 0.6 is 34.7 Å². The van der Waals surface area contributed by atoms with E-state index in [2.05, 4.69) is 20.8 Å². The number of anilines is 1. The number of halogens is 2. The second kappa shape index (κ2) is 9.63. The van der Waals surface area contributed by atoms with Gasteiger partial charge in [-0.3, -0.25) is 9.59 Å². The largest absolute Gasteiger partial charge is 0.351 e. The van der Waals surface area contributed by atoms with Crippen LogP contribution in [0, 0.1) is 5.82 Å². The third-order valence-electron chi connectivity index (χ3n) is 3.41. The lowest BCUT2D eigenvalue weighted by Gasteiger charge is -2.04. The van der Waals surface area contributed by atoms with Gasteiger partial charge in [-0.25, -0.2) is 4.39 Å². The Hall–Kier alpha value is -2.49. The van der Waals surface area contributed by atoms with Gasteiger partial charge in [0.15, 0.2) is 4.34 Å². The maximum absolute atomic E-state index is 12.9. The van der Waals surface area contributed by atoms with Crippen LogP contribution in [0.25, 0.3) is 0 Å². The van der Waals surface area contributed by atoms with Gasteiger partial charge in [0, 0.05) is 17.3 Å². The fourth-order valence-corrected chi connectivity index (χ4v) is 3.86. The quantitative estimate of drug-likeness (QED) is 0.547. The molecule has 1 heterocycles. The summed E-state index contributed by atoms with van der Waals surface area (Å²) >= 11 is 8.17. The van der Waals surface area contributed by atoms with Crippen molar-refractivity contribution in [2.75, 3.05) is 11.1 Å². The number of hydrogen-bond donors (Lipinski definition) is 2. The van der Waals surface area contributed by atoms with Crippen LogP contribution in [-0.2, 0) is 11.3 Å². The van der Waals surface area contributed by atoms with Gasteiger partial charge in [-0.2, -0.15) is 0 Å². The van der Waals surface area contributed by atoms with Crippen molar-refractivity contribution in [1.29, 1.82) is 0 Å². The summed E-state index contributed by atoms with van der Waals surface area (Å²) in [5, 5.41) is 13.9. The molecule has 1 aromatic heterocycles. The number of benzene rings is 2. The van der Waals surface area contributed by atoms with Gasteiger partial charge in [-0.1, -0.05) is 52.9 Å². The van der Waals surface area contributed by atoms with Crippen LogP contribution in [-0.4, -0.2) is 27.8 Å². The van der Waals surface area contributed by atoms with Gasteiger partial charge in [-0.15, -0.1) is 10.2 Å². The lowest BCUT2D eigenvalue weighted by atomic mass is 10.2. The van der Waals surface area contributed by atoms with Gasteiger partial charge in [0.2, 0.25) is 10.9 Å². The number of rotatable bonds is 7. The molecule has 3 aromatic rings. The topological polar surface area (TPSA) is 84.0 Å². The summed E-state index contributed by atoms with van der Waals surface area (Å²) in [5.74, 6) is -0.787. The smallest absolute Gasteiger partial charge is 0.286 e. The highest BCUT2D eigenvalue weighted by atomic mass is 35.5. The van der Waals surface area contributed by atoms with E-state index in [0.29, 0.717) is 21.6 Å². The Labute approximate surface area is 173 Å². The summed E-state index contributed by atoms with van der Waals surface area (Å²) in [6.07, 6.45) is 0. The number of amides is 2. The van der Waals surface area contributed by atoms with Gasteiger partial charge < -0.3 is 10.6 Å². The van der Waals surface area contributed by atoms with Crippen molar-refractivity contribution in [3.63, 3.8) is 0 Å². The Bertz CT molecular complexity index is 982. The summed E-state index contributed by atoms with van der Waals surface area (Å²) in [5.41, 5.74) is 1.36. The van der Waals surface area contributed by atoms with E-state index in [-0.39, 0.29) is 22.5 Å². The molecule has 2 aromatic carbocycles. The molecule has 0 saturated heterocycles. The molecule has 6 nitrogen and oxygen atoms in total. The monoisotopic (exact) mass is 436 g/mol. The fourth-order valence-electron chi connectivity index (χ4n) is 2.09. The molecule has 0 fully saturated rings. The SMILES string of the molecule is O=C(CSc1nnc(C(=O)Nc2cccc(Cl)c2)s1)NCc1ccc(F)cc1. The molecule has 0 aliphatic carbocycles. The zero-order chi connectivity index (χ0) is 19.9. The highest BCUT2D eigenvalue weighted by molar-refractivity contribution is 8.01. The highest BCUT2D eigenvalue weighted by Gasteiger charge is 2.14. The second-order valence-corrected chi connectivity index (χ2v) is 8.17. The van der Waals surface area contributed by atoms with Crippen LogP contribution in [0.15, 0.2) is 52.9 Å². The average Bonchev–Trinajstić information content (AvgIpc) is 3.15. The fraction of sp³-hybridized carbons (Fsp3) is 0.111. The third kappa shape index (κ3) is 6.01. The number of hydrogen-bond acceptors (Lipinski definition) is 6. The summed E-state index contributed by atoms with van der Waals surface area (Å²) in [6, 6.07) is 12.7. The predicted octanol–water partition coefficient (Wildman–Crippen LogP) is 3.99. The first-order valence-corrected chi connectivity index (χ1v) is 10.2. The Kier molecular flexibility index (Phi) is 6.96. The minimum absolute atomic E-state index is 0.131. The molecule has 28 heavy (non-hydrogen) atoms. The standard InChI is InChI=1S/C18H14ClFN4O2S2/c19-12-2-1-3-14(8-12)22-16(26)17-23-24-18(28-17)27-10-15(25)21-9-11-4-6-13(20)7-5-11/h1-8H,9-10H2,(H,21,25)(H,22,26). The Morgan fingerprint density at radius 2 is 1.93 bits per heavy atom. The van der Waals surface area contributed by atoms with Crippen molar-refractivity contribution < 1.29 is 14.0 Å². The lowest BCUT2D eigenvalue weighted by molar-refractivity contribution is -0.118. The molecule has 0 saturated carbocycles. The summed E-state index contributed by atoms with van der Waals surface area (Å²) in [7, 11) is 0. The number of carbonyl (C=O) groups excluding carboxylic acids is 2. The van der Waals surface area contributed by atoms with E-state index in [0.717, 1.165) is 16.9 Å². The van der Waals surface area contributed by atoms with Crippen LogP contribution in [0.5, 0.6) is 0 Å².